The molecule has 1 heterocycles. The second kappa shape index (κ2) is 11.8. The lowest BCUT2D eigenvalue weighted by Gasteiger charge is -2.25. The Labute approximate surface area is 297 Å². The summed E-state index contributed by atoms with van der Waals surface area (Å²) in [4.78, 5) is 0. The summed E-state index contributed by atoms with van der Waals surface area (Å²) in [5.41, 5.74) is 11.0. The van der Waals surface area contributed by atoms with E-state index in [0.29, 0.717) is 16.5 Å². The van der Waals surface area contributed by atoms with Gasteiger partial charge in [0.1, 0.15) is 50.4 Å². The summed E-state index contributed by atoms with van der Waals surface area (Å²) >= 11 is 0. The van der Waals surface area contributed by atoms with Gasteiger partial charge in [0, 0.05) is 16.3 Å². The van der Waals surface area contributed by atoms with Crippen LogP contribution in [0, 0.1) is 0 Å². The second-order valence-electron chi connectivity index (χ2n) is 12.7. The highest BCUT2D eigenvalue weighted by atomic mass is 16.3. The van der Waals surface area contributed by atoms with Gasteiger partial charge in [0.15, 0.2) is 0 Å². The number of rotatable bonds is 4. The molecule has 0 amide bonds. The Morgan fingerprint density at radius 1 is 0.320 bits per heavy atom. The predicted molar refractivity (Wildman–Crippen MR) is 217 cm³/mol. The van der Waals surface area contributed by atoms with Crippen molar-refractivity contribution in [2.45, 2.75) is 0 Å². The van der Waals surface area contributed by atoms with Crippen molar-refractivity contribution in [3.8, 4) is 44.5 Å². The van der Waals surface area contributed by atoms with Crippen LogP contribution in [0.2, 0.25) is 0 Å². The molecule has 9 rings (SSSR count). The van der Waals surface area contributed by atoms with E-state index in [4.69, 9.17) is 43.6 Å². The molecule has 0 aliphatic heterocycles. The van der Waals surface area contributed by atoms with Crippen molar-refractivity contribution in [2.24, 2.45) is 0 Å². The molecule has 0 bridgehead atoms. The van der Waals surface area contributed by atoms with Crippen molar-refractivity contribution >= 4 is 110 Å². The Kier molecular flexibility index (Phi) is 7.18. The van der Waals surface area contributed by atoms with E-state index >= 15 is 0 Å². The van der Waals surface area contributed by atoms with E-state index in [1.165, 1.54) is 0 Å². The molecule has 1 aromatic heterocycles. The first-order chi connectivity index (χ1) is 24.4. The van der Waals surface area contributed by atoms with E-state index in [9.17, 15) is 0 Å². The zero-order chi connectivity index (χ0) is 34.1. The summed E-state index contributed by atoms with van der Waals surface area (Å²) in [5, 5.41) is 6.12. The Hall–Kier alpha value is -5.60. The average molecular weight is 622 g/mol. The highest BCUT2D eigenvalue weighted by Crippen LogP contribution is 2.46. The molecule has 0 aliphatic rings. The summed E-state index contributed by atoms with van der Waals surface area (Å²) in [6, 6.07) is 48.3. The van der Waals surface area contributed by atoms with Crippen LogP contribution in [0.3, 0.4) is 0 Å². The Bertz CT molecular complexity index is 2720. The van der Waals surface area contributed by atoms with Crippen LogP contribution in [-0.2, 0) is 0 Å². The topological polar surface area (TPSA) is 13.1 Å². The second-order valence-corrected chi connectivity index (χ2v) is 12.7. The third-order valence-corrected chi connectivity index (χ3v) is 9.96. The van der Waals surface area contributed by atoms with Crippen molar-refractivity contribution in [3.05, 3.63) is 140 Å². The highest BCUT2D eigenvalue weighted by Gasteiger charge is 2.22. The molecule has 0 unspecified atom stereocenters. The van der Waals surface area contributed by atoms with Crippen LogP contribution in [0.15, 0.2) is 144 Å². The van der Waals surface area contributed by atoms with Crippen LogP contribution in [-0.4, -0.2) is 39.2 Å². The maximum absolute atomic E-state index is 6.74. The van der Waals surface area contributed by atoms with Crippen LogP contribution in [0.5, 0.6) is 0 Å². The molecule has 220 valence electrons. The Morgan fingerprint density at radius 2 is 0.820 bits per heavy atom. The molecule has 0 saturated heterocycles. The van der Waals surface area contributed by atoms with Crippen LogP contribution in [0.25, 0.3) is 88.0 Å². The summed E-state index contributed by atoms with van der Waals surface area (Å²) < 4.78 is 6.74. The minimum absolute atomic E-state index is 0.195. The minimum atomic E-state index is 0.195. The lowest BCUT2D eigenvalue weighted by molar-refractivity contribution is 0.670. The summed E-state index contributed by atoms with van der Waals surface area (Å²) in [6.07, 6.45) is 0. The summed E-state index contributed by atoms with van der Waals surface area (Å²) in [5.74, 6) is 0. The van der Waals surface area contributed by atoms with Gasteiger partial charge in [-0.3, -0.25) is 0 Å². The lowest BCUT2D eigenvalue weighted by Crippen LogP contribution is -2.55. The smallest absolute Gasteiger partial charge is 0.143 e. The molecule has 0 spiro atoms. The molecule has 50 heavy (non-hydrogen) atoms. The fourth-order valence-corrected chi connectivity index (χ4v) is 7.57. The van der Waals surface area contributed by atoms with Crippen molar-refractivity contribution in [2.75, 3.05) is 0 Å². The third-order valence-electron chi connectivity index (χ3n) is 9.96. The number of hydrogen-bond donors (Lipinski definition) is 0. The first-order valence-electron chi connectivity index (χ1n) is 16.5. The van der Waals surface area contributed by atoms with Crippen molar-refractivity contribution in [1.82, 2.24) is 0 Å². The molecular formula is C44H23B5O. The SMILES string of the molecule is [B]c1c([B])c([B])c(-c2c3ccccc3c(-c3ccc4oc5c(-c6ccccc6)c(-c6ccccc6)ccc5c4c3)c3ccccc23)c([B])c1[B]. The van der Waals surface area contributed by atoms with Gasteiger partial charge in [-0.25, -0.2) is 0 Å². The Morgan fingerprint density at radius 3 is 1.40 bits per heavy atom. The molecule has 9 aromatic rings. The van der Waals surface area contributed by atoms with Gasteiger partial charge in [0.05, 0.1) is 0 Å². The highest BCUT2D eigenvalue weighted by molar-refractivity contribution is 6.69. The van der Waals surface area contributed by atoms with E-state index in [-0.39, 0.29) is 16.4 Å². The maximum Gasteiger partial charge on any atom is 0.143 e. The van der Waals surface area contributed by atoms with E-state index in [1.54, 1.807) is 0 Å². The van der Waals surface area contributed by atoms with Gasteiger partial charge in [-0.15, -0.1) is 16.4 Å². The third kappa shape index (κ3) is 4.55. The van der Waals surface area contributed by atoms with Crippen LogP contribution in [0.4, 0.5) is 0 Å². The van der Waals surface area contributed by atoms with Crippen molar-refractivity contribution < 1.29 is 4.42 Å². The first kappa shape index (κ1) is 30.5. The fourth-order valence-electron chi connectivity index (χ4n) is 7.57. The largest absolute Gasteiger partial charge is 0.455 e. The lowest BCUT2D eigenvalue weighted by atomic mass is 9.59. The normalized spacial score (nSPS) is 11.6. The number of furan rings is 1. The number of hydrogen-bond acceptors (Lipinski definition) is 1. The predicted octanol–water partition coefficient (Wildman–Crippen LogP) is 6.53. The van der Waals surface area contributed by atoms with E-state index in [0.717, 1.165) is 82.4 Å². The van der Waals surface area contributed by atoms with Gasteiger partial charge in [-0.05, 0) is 78.7 Å². The minimum Gasteiger partial charge on any atom is -0.455 e. The molecule has 0 atom stereocenters. The summed E-state index contributed by atoms with van der Waals surface area (Å²) in [6.45, 7) is 0. The molecule has 0 saturated carbocycles. The van der Waals surface area contributed by atoms with E-state index in [1.807, 2.05) is 36.4 Å². The van der Waals surface area contributed by atoms with Gasteiger partial charge in [0.2, 0.25) is 0 Å². The number of fused-ring (bicyclic) bond motifs is 5. The maximum atomic E-state index is 6.74. The standard InChI is InChI=1S/C44H23B5O/c45-39-38(40(46)42(48)43(49)41(39)47)37-30-17-9-7-15-28(30)35(29-16-8-10-18-31(29)37)26-19-22-34-33(23-26)32-21-20-27(24-11-3-1-4-12-24)36(44(32)50-34)25-13-5-2-6-14-25/h1-23H. The van der Waals surface area contributed by atoms with Crippen molar-refractivity contribution in [1.29, 1.82) is 0 Å². The van der Waals surface area contributed by atoms with Gasteiger partial charge in [-0.2, -0.15) is 0 Å². The molecular weight excluding hydrogens is 599 g/mol. The monoisotopic (exact) mass is 622 g/mol. The number of benzene rings is 8. The molecule has 0 aliphatic carbocycles. The zero-order valence-electron chi connectivity index (χ0n) is 27.1. The molecule has 0 N–H and O–H groups in total. The zero-order valence-corrected chi connectivity index (χ0v) is 27.1. The molecule has 8 aromatic carbocycles. The van der Waals surface area contributed by atoms with E-state index < -0.39 is 0 Å². The van der Waals surface area contributed by atoms with Gasteiger partial charge in [0.25, 0.3) is 0 Å². The molecule has 1 nitrogen and oxygen atoms in total. The fraction of sp³-hybridized carbons (Fsp3) is 0. The van der Waals surface area contributed by atoms with E-state index in [2.05, 4.69) is 103 Å². The van der Waals surface area contributed by atoms with Crippen LogP contribution >= 0.6 is 0 Å². The Balaban J connectivity index is 1.34. The first-order valence-corrected chi connectivity index (χ1v) is 16.5. The summed E-state index contributed by atoms with van der Waals surface area (Å²) in [7, 11) is 32.3. The van der Waals surface area contributed by atoms with Gasteiger partial charge in [-0.1, -0.05) is 132 Å². The van der Waals surface area contributed by atoms with Crippen LogP contribution in [0.1, 0.15) is 0 Å². The van der Waals surface area contributed by atoms with Crippen molar-refractivity contribution in [3.63, 3.8) is 0 Å². The quantitative estimate of drug-likeness (QED) is 0.161. The molecule has 0 fully saturated rings. The average Bonchev–Trinajstić information content (AvgIpc) is 3.54. The van der Waals surface area contributed by atoms with Gasteiger partial charge >= 0.3 is 0 Å². The van der Waals surface area contributed by atoms with Crippen LogP contribution < -0.4 is 27.3 Å². The van der Waals surface area contributed by atoms with Gasteiger partial charge < -0.3 is 4.42 Å². The molecule has 6 heteroatoms. The molecule has 10 radical (unpaired) electrons.